The van der Waals surface area contributed by atoms with Crippen LogP contribution in [0.1, 0.15) is 13.3 Å². The summed E-state index contributed by atoms with van der Waals surface area (Å²) in [5.41, 5.74) is 0. The lowest BCUT2D eigenvalue weighted by Crippen LogP contribution is -2.43. The zero-order valence-corrected chi connectivity index (χ0v) is 5.93. The van der Waals surface area contributed by atoms with E-state index in [1.807, 2.05) is 0 Å². The number of likely N-dealkylation sites (tertiary alicyclic amines) is 1. The van der Waals surface area contributed by atoms with Crippen LogP contribution in [0.15, 0.2) is 0 Å². The van der Waals surface area contributed by atoms with Crippen molar-refractivity contribution < 1.29 is 0 Å². The molecule has 0 aromatic carbocycles. The van der Waals surface area contributed by atoms with Crippen molar-refractivity contribution in [3.8, 4) is 0 Å². The summed E-state index contributed by atoms with van der Waals surface area (Å²) in [6, 6.07) is 1.70. The molecule has 52 valence electrons. The molecular weight excluding hydrogens is 112 g/mol. The number of likely N-dealkylation sites (N-methyl/N-ethyl adjacent to an activating group) is 1. The number of piperazine rings is 1. The molecule has 2 nitrogen and oxygen atoms in total. The molecule has 2 rings (SSSR count). The Morgan fingerprint density at radius 1 is 1.67 bits per heavy atom. The van der Waals surface area contributed by atoms with E-state index in [1.165, 1.54) is 26.1 Å². The predicted octanol–water partition coefficient (Wildman–Crippen LogP) is 0.0524. The molecule has 2 saturated heterocycles. The summed E-state index contributed by atoms with van der Waals surface area (Å²) < 4.78 is 0. The van der Waals surface area contributed by atoms with Crippen molar-refractivity contribution in [3.05, 3.63) is 0 Å². The molecular formula is C7H14N2. The first kappa shape index (κ1) is 5.69. The van der Waals surface area contributed by atoms with Crippen LogP contribution in [0.4, 0.5) is 0 Å². The van der Waals surface area contributed by atoms with Gasteiger partial charge >= 0.3 is 0 Å². The molecule has 2 aliphatic heterocycles. The highest BCUT2D eigenvalue weighted by molar-refractivity contribution is 4.96. The number of hydrogen-bond donors (Lipinski definition) is 1. The van der Waals surface area contributed by atoms with E-state index in [1.54, 1.807) is 0 Å². The van der Waals surface area contributed by atoms with Crippen LogP contribution in [0.25, 0.3) is 0 Å². The van der Waals surface area contributed by atoms with Gasteiger partial charge in [0, 0.05) is 25.2 Å². The molecule has 2 heterocycles. The van der Waals surface area contributed by atoms with Crippen LogP contribution >= 0.6 is 0 Å². The van der Waals surface area contributed by atoms with E-state index in [0.29, 0.717) is 0 Å². The lowest BCUT2D eigenvalue weighted by molar-refractivity contribution is 0.238. The summed E-state index contributed by atoms with van der Waals surface area (Å²) in [4.78, 5) is 2.57. The van der Waals surface area contributed by atoms with Gasteiger partial charge in [0.05, 0.1) is 0 Å². The van der Waals surface area contributed by atoms with Crippen LogP contribution < -0.4 is 5.32 Å². The van der Waals surface area contributed by atoms with Gasteiger partial charge in [-0.2, -0.15) is 0 Å². The van der Waals surface area contributed by atoms with Gasteiger partial charge in [0.25, 0.3) is 0 Å². The summed E-state index contributed by atoms with van der Waals surface area (Å²) in [6.07, 6.45) is 1.40. The highest BCUT2D eigenvalue weighted by Gasteiger charge is 2.35. The maximum Gasteiger partial charge on any atom is 0.0236 e. The van der Waals surface area contributed by atoms with Gasteiger partial charge in [-0.1, -0.05) is 6.92 Å². The van der Waals surface area contributed by atoms with Gasteiger partial charge in [0.2, 0.25) is 0 Å². The second kappa shape index (κ2) is 1.96. The van der Waals surface area contributed by atoms with Gasteiger partial charge in [-0.25, -0.2) is 0 Å². The maximum absolute atomic E-state index is 3.48. The van der Waals surface area contributed by atoms with Gasteiger partial charge in [-0.15, -0.1) is 0 Å². The minimum atomic E-state index is 0.829. The number of fused-ring (bicyclic) bond motifs is 2. The third-order valence-corrected chi connectivity index (χ3v) is 2.58. The molecule has 2 unspecified atom stereocenters. The number of rotatable bonds is 1. The third-order valence-electron chi connectivity index (χ3n) is 2.58. The minimum Gasteiger partial charge on any atom is -0.311 e. The van der Waals surface area contributed by atoms with Gasteiger partial charge in [0.15, 0.2) is 0 Å². The highest BCUT2D eigenvalue weighted by Crippen LogP contribution is 2.21. The fraction of sp³-hybridized carbons (Fsp3) is 1.00. The summed E-state index contributed by atoms with van der Waals surface area (Å²) in [5, 5.41) is 3.48. The SMILES string of the molecule is CCN1CC2CC1CN2. The van der Waals surface area contributed by atoms with Crippen molar-refractivity contribution in [2.75, 3.05) is 19.6 Å². The molecule has 0 saturated carbocycles. The quantitative estimate of drug-likeness (QED) is 0.534. The molecule has 0 aliphatic carbocycles. The first-order valence-electron chi connectivity index (χ1n) is 3.87. The third kappa shape index (κ3) is 0.775. The molecule has 2 aliphatic rings. The Bertz CT molecular complexity index is 113. The van der Waals surface area contributed by atoms with Gasteiger partial charge < -0.3 is 5.32 Å². The molecule has 0 aromatic rings. The Morgan fingerprint density at radius 3 is 2.89 bits per heavy atom. The van der Waals surface area contributed by atoms with Crippen molar-refractivity contribution in [1.82, 2.24) is 10.2 Å². The van der Waals surface area contributed by atoms with E-state index in [2.05, 4.69) is 17.1 Å². The molecule has 2 atom stereocenters. The average Bonchev–Trinajstić information content (AvgIpc) is 2.45. The van der Waals surface area contributed by atoms with E-state index in [9.17, 15) is 0 Å². The number of hydrogen-bond acceptors (Lipinski definition) is 2. The topological polar surface area (TPSA) is 15.3 Å². The van der Waals surface area contributed by atoms with E-state index in [0.717, 1.165) is 12.1 Å². The van der Waals surface area contributed by atoms with Gasteiger partial charge in [0.1, 0.15) is 0 Å². The van der Waals surface area contributed by atoms with Crippen molar-refractivity contribution in [2.45, 2.75) is 25.4 Å². The molecule has 0 amide bonds. The molecule has 1 N–H and O–H groups in total. The van der Waals surface area contributed by atoms with E-state index in [4.69, 9.17) is 0 Å². The van der Waals surface area contributed by atoms with Crippen LogP contribution in [-0.4, -0.2) is 36.6 Å². The number of nitrogens with zero attached hydrogens (tertiary/aromatic N) is 1. The Morgan fingerprint density at radius 2 is 2.56 bits per heavy atom. The Hall–Kier alpha value is -0.0800. The predicted molar refractivity (Wildman–Crippen MR) is 37.4 cm³/mol. The first-order valence-corrected chi connectivity index (χ1v) is 3.87. The van der Waals surface area contributed by atoms with Crippen LogP contribution in [0.3, 0.4) is 0 Å². The minimum absolute atomic E-state index is 0.829. The maximum atomic E-state index is 3.48. The Labute approximate surface area is 56.2 Å². The first-order chi connectivity index (χ1) is 4.40. The van der Waals surface area contributed by atoms with Crippen LogP contribution in [0.2, 0.25) is 0 Å². The molecule has 0 aromatic heterocycles. The second-order valence-corrected chi connectivity index (χ2v) is 3.08. The zero-order valence-electron chi connectivity index (χ0n) is 5.93. The largest absolute Gasteiger partial charge is 0.311 e. The smallest absolute Gasteiger partial charge is 0.0236 e. The number of nitrogens with one attached hydrogen (secondary N) is 1. The van der Waals surface area contributed by atoms with Crippen molar-refractivity contribution in [2.24, 2.45) is 0 Å². The zero-order chi connectivity index (χ0) is 6.27. The van der Waals surface area contributed by atoms with Crippen LogP contribution in [0, 0.1) is 0 Å². The molecule has 2 heteroatoms. The van der Waals surface area contributed by atoms with Crippen LogP contribution in [-0.2, 0) is 0 Å². The molecule has 2 bridgehead atoms. The monoisotopic (exact) mass is 126 g/mol. The summed E-state index contributed by atoms with van der Waals surface area (Å²) in [6.45, 7) is 6.02. The average molecular weight is 126 g/mol. The van der Waals surface area contributed by atoms with Crippen molar-refractivity contribution in [3.63, 3.8) is 0 Å². The summed E-state index contributed by atoms with van der Waals surface area (Å²) >= 11 is 0. The van der Waals surface area contributed by atoms with Gasteiger partial charge in [-0.3, -0.25) is 4.90 Å². The highest BCUT2D eigenvalue weighted by atomic mass is 15.3. The Balaban J connectivity index is 2.01. The Kier molecular flexibility index (Phi) is 1.24. The van der Waals surface area contributed by atoms with Crippen molar-refractivity contribution >= 4 is 0 Å². The molecule has 9 heavy (non-hydrogen) atoms. The van der Waals surface area contributed by atoms with Gasteiger partial charge in [-0.05, 0) is 13.0 Å². The van der Waals surface area contributed by atoms with E-state index < -0.39 is 0 Å². The fourth-order valence-corrected chi connectivity index (χ4v) is 2.03. The lowest BCUT2D eigenvalue weighted by Gasteiger charge is -2.25. The van der Waals surface area contributed by atoms with Crippen molar-refractivity contribution in [1.29, 1.82) is 0 Å². The lowest BCUT2D eigenvalue weighted by atomic mass is 10.2. The van der Waals surface area contributed by atoms with Crippen LogP contribution in [0.5, 0.6) is 0 Å². The molecule has 0 spiro atoms. The van der Waals surface area contributed by atoms with E-state index >= 15 is 0 Å². The summed E-state index contributed by atoms with van der Waals surface area (Å²) in [5.74, 6) is 0. The molecule has 2 fully saturated rings. The normalized spacial score (nSPS) is 42.3. The fourth-order valence-electron chi connectivity index (χ4n) is 2.03. The summed E-state index contributed by atoms with van der Waals surface area (Å²) in [7, 11) is 0. The standard InChI is InChI=1S/C7H14N2/c1-2-9-5-6-3-7(9)4-8-6/h6-8H,2-5H2,1H3. The van der Waals surface area contributed by atoms with E-state index in [-0.39, 0.29) is 0 Å². The molecule has 0 radical (unpaired) electrons. The second-order valence-electron chi connectivity index (χ2n) is 3.08.